The summed E-state index contributed by atoms with van der Waals surface area (Å²) < 4.78 is 80.1. The van der Waals surface area contributed by atoms with Gasteiger partial charge in [0.25, 0.3) is 0 Å². The van der Waals surface area contributed by atoms with Crippen molar-refractivity contribution in [3.05, 3.63) is 182 Å². The largest absolute Gasteiger partial charge is 0.455 e. The van der Waals surface area contributed by atoms with E-state index in [0.29, 0.717) is 39.0 Å². The van der Waals surface area contributed by atoms with Gasteiger partial charge in [0.2, 0.25) is 0 Å². The highest BCUT2D eigenvalue weighted by atomic mass is 16.3. The summed E-state index contributed by atoms with van der Waals surface area (Å²) in [6.45, 7) is 0. The summed E-state index contributed by atoms with van der Waals surface area (Å²) in [7, 11) is 0. The summed E-state index contributed by atoms with van der Waals surface area (Å²) in [4.78, 5) is 0. The third-order valence-corrected chi connectivity index (χ3v) is 8.74. The van der Waals surface area contributed by atoms with Gasteiger partial charge in [0.15, 0.2) is 0 Å². The minimum atomic E-state index is -0.454. The number of furan rings is 1. The van der Waals surface area contributed by atoms with Gasteiger partial charge in [-0.2, -0.15) is 0 Å². The Hall–Kier alpha value is -6.18. The van der Waals surface area contributed by atoms with Gasteiger partial charge in [-0.15, -0.1) is 0 Å². The van der Waals surface area contributed by atoms with Crippen molar-refractivity contribution in [2.75, 3.05) is 0 Å². The van der Waals surface area contributed by atoms with Crippen LogP contribution >= 0.6 is 0 Å². The molecule has 0 fully saturated rings. The Morgan fingerprint density at radius 3 is 1.38 bits per heavy atom. The number of fused-ring (bicyclic) bond motifs is 3. The van der Waals surface area contributed by atoms with E-state index >= 15 is 0 Å². The topological polar surface area (TPSA) is 13.1 Å². The number of hydrogen-bond acceptors (Lipinski definition) is 1. The summed E-state index contributed by atoms with van der Waals surface area (Å²) in [6, 6.07) is 39.3. The quantitative estimate of drug-likeness (QED) is 0.178. The fourth-order valence-electron chi connectivity index (χ4n) is 6.63. The second-order valence-corrected chi connectivity index (χ2v) is 11.4. The Morgan fingerprint density at radius 1 is 0.340 bits per heavy atom. The van der Waals surface area contributed by atoms with Crippen molar-refractivity contribution >= 4 is 32.5 Å². The van der Waals surface area contributed by atoms with E-state index in [-0.39, 0.29) is 51.3 Å². The Kier molecular flexibility index (Phi) is 4.83. The number of hydrogen-bond donors (Lipinski definition) is 0. The molecule has 0 atom stereocenters. The Labute approximate surface area is 285 Å². The molecule has 47 heavy (non-hydrogen) atoms. The van der Waals surface area contributed by atoms with E-state index in [2.05, 4.69) is 0 Å². The molecular weight excluding hydrogens is 569 g/mol. The van der Waals surface area contributed by atoms with Gasteiger partial charge in [0.05, 0.1) is 11.0 Å². The van der Waals surface area contributed by atoms with Crippen LogP contribution < -0.4 is 0 Å². The smallest absolute Gasteiger partial charge is 0.143 e. The maximum absolute atomic E-state index is 9.49. The van der Waals surface area contributed by atoms with E-state index < -0.39 is 24.2 Å². The van der Waals surface area contributed by atoms with Crippen molar-refractivity contribution < 1.29 is 15.4 Å². The predicted molar refractivity (Wildman–Crippen MR) is 198 cm³/mol. The van der Waals surface area contributed by atoms with E-state index in [1.54, 1.807) is 24.3 Å². The van der Waals surface area contributed by atoms with Gasteiger partial charge < -0.3 is 4.42 Å². The fraction of sp³-hybridized carbons (Fsp3) is 0. The Balaban J connectivity index is 1.53. The van der Waals surface area contributed by atoms with Crippen LogP contribution in [0, 0.1) is 0 Å². The first kappa shape index (κ1) is 20.0. The van der Waals surface area contributed by atoms with Crippen LogP contribution in [0.1, 0.15) is 11.0 Å². The predicted octanol–water partition coefficient (Wildman–Crippen LogP) is 13.1. The minimum Gasteiger partial charge on any atom is -0.455 e. The molecule has 1 heteroatoms. The van der Waals surface area contributed by atoms with E-state index in [1.807, 2.05) is 109 Å². The molecule has 0 amide bonds. The summed E-state index contributed by atoms with van der Waals surface area (Å²) in [5.74, 6) is 0.396. The van der Waals surface area contributed by atoms with Crippen molar-refractivity contribution in [3.63, 3.8) is 0 Å². The second kappa shape index (κ2) is 11.3. The normalized spacial score (nSPS) is 13.8. The van der Waals surface area contributed by atoms with Crippen molar-refractivity contribution in [1.29, 1.82) is 0 Å². The summed E-state index contributed by atoms with van der Waals surface area (Å²) >= 11 is 0. The highest BCUT2D eigenvalue weighted by Crippen LogP contribution is 2.50. The van der Waals surface area contributed by atoms with E-state index in [0.717, 1.165) is 22.3 Å². The van der Waals surface area contributed by atoms with Crippen LogP contribution in [0.3, 0.4) is 0 Å². The number of para-hydroxylation sites is 1. The highest BCUT2D eigenvalue weighted by molar-refractivity contribution is 6.25. The molecular formula is C46H30O. The molecule has 8 aromatic carbocycles. The Bertz CT molecular complexity index is 2900. The maximum atomic E-state index is 9.49. The lowest BCUT2D eigenvalue weighted by Gasteiger charge is -2.18. The van der Waals surface area contributed by atoms with Gasteiger partial charge >= 0.3 is 0 Å². The second-order valence-electron chi connectivity index (χ2n) is 11.4. The van der Waals surface area contributed by atoms with Crippen LogP contribution in [0.15, 0.2) is 186 Å². The molecule has 220 valence electrons. The molecule has 0 bridgehead atoms. The average molecular weight is 607 g/mol. The van der Waals surface area contributed by atoms with Crippen molar-refractivity contribution in [2.24, 2.45) is 0 Å². The lowest BCUT2D eigenvalue weighted by atomic mass is 9.84. The summed E-state index contributed by atoms with van der Waals surface area (Å²) in [5.41, 5.74) is 6.49. The monoisotopic (exact) mass is 606 g/mol. The van der Waals surface area contributed by atoms with Crippen molar-refractivity contribution in [1.82, 2.24) is 0 Å². The molecule has 1 heterocycles. The van der Waals surface area contributed by atoms with Crippen molar-refractivity contribution in [2.45, 2.75) is 0 Å². The molecule has 0 aliphatic carbocycles. The minimum absolute atomic E-state index is 0.136. The molecule has 1 nitrogen and oxygen atoms in total. The first-order chi connectivity index (χ1) is 26.7. The molecule has 0 saturated carbocycles. The molecule has 9 aromatic rings. The van der Waals surface area contributed by atoms with Crippen molar-refractivity contribution in [3.8, 4) is 55.8 Å². The zero-order valence-electron chi connectivity index (χ0n) is 33.1. The first-order valence-corrected chi connectivity index (χ1v) is 15.5. The standard InChI is InChI=1S/C46H30O/c1-4-15-31(16-5-1)32-27-29-35(30-28-32)45-44(41-26-14-25-36(46(41)47-45)33-17-6-2-7-18-33)43-39-23-12-10-21-37(39)42(34-19-8-3-9-20-34)38-22-11-13-24-40(38)43/h1-30H/i10D,11D,12D,13D,21D,22D,23D,24D. The molecule has 9 rings (SSSR count). The average Bonchev–Trinajstić information content (AvgIpc) is 3.63. The number of rotatable bonds is 5. The zero-order chi connectivity index (χ0) is 38.1. The third-order valence-electron chi connectivity index (χ3n) is 8.74. The Morgan fingerprint density at radius 2 is 0.809 bits per heavy atom. The molecule has 1 aromatic heterocycles. The third kappa shape index (κ3) is 4.56. The van der Waals surface area contributed by atoms with Crippen LogP contribution in [-0.4, -0.2) is 0 Å². The van der Waals surface area contributed by atoms with Crippen LogP contribution in [0.4, 0.5) is 0 Å². The molecule has 0 aliphatic rings. The molecule has 0 radical (unpaired) electrons. The number of benzene rings is 8. The summed E-state index contributed by atoms with van der Waals surface area (Å²) in [5, 5.41) is 1.21. The van der Waals surface area contributed by atoms with E-state index in [1.165, 1.54) is 0 Å². The maximum Gasteiger partial charge on any atom is 0.143 e. The van der Waals surface area contributed by atoms with Crippen LogP contribution in [0.5, 0.6) is 0 Å². The van der Waals surface area contributed by atoms with Gasteiger partial charge in [0, 0.05) is 27.6 Å². The van der Waals surface area contributed by atoms with E-state index in [9.17, 15) is 5.48 Å². The van der Waals surface area contributed by atoms with Gasteiger partial charge in [-0.05, 0) is 49.4 Å². The van der Waals surface area contributed by atoms with Crippen LogP contribution in [-0.2, 0) is 0 Å². The van der Waals surface area contributed by atoms with Gasteiger partial charge in [0.1, 0.15) is 11.3 Å². The first-order valence-electron chi connectivity index (χ1n) is 19.5. The molecule has 0 unspecified atom stereocenters. The fourth-order valence-corrected chi connectivity index (χ4v) is 6.63. The lowest BCUT2D eigenvalue weighted by Crippen LogP contribution is -1.91. The molecule has 0 spiro atoms. The molecule has 0 aliphatic heterocycles. The molecule has 0 saturated heterocycles. The van der Waals surface area contributed by atoms with Gasteiger partial charge in [-0.25, -0.2) is 0 Å². The van der Waals surface area contributed by atoms with Gasteiger partial charge in [-0.3, -0.25) is 0 Å². The van der Waals surface area contributed by atoms with Crippen LogP contribution in [0.25, 0.3) is 88.3 Å². The summed E-state index contributed by atoms with van der Waals surface area (Å²) in [6.07, 6.45) is 0. The van der Waals surface area contributed by atoms with Crippen LogP contribution in [0.2, 0.25) is 0 Å². The highest BCUT2D eigenvalue weighted by Gasteiger charge is 2.25. The molecule has 0 N–H and O–H groups in total. The zero-order valence-corrected chi connectivity index (χ0v) is 25.1. The SMILES string of the molecule is [2H]c1c([2H])c([2H])c2c(-c3c(-c4ccc(-c5ccccc5)cc4)oc4c(-c5ccccc5)cccc34)c3c([2H])c([2H])c([2H])c([2H])c3c(-c3ccccc3)c2c1[2H]. The van der Waals surface area contributed by atoms with E-state index in [4.69, 9.17) is 9.90 Å². The van der Waals surface area contributed by atoms with Gasteiger partial charge in [-0.1, -0.05) is 182 Å². The lowest BCUT2D eigenvalue weighted by molar-refractivity contribution is 0.633.